The number of carboxylic acids is 1. The van der Waals surface area contributed by atoms with Crippen molar-refractivity contribution in [2.75, 3.05) is 6.61 Å². The minimum atomic E-state index is -1.20. The molecule has 0 aromatic heterocycles. The van der Waals surface area contributed by atoms with Crippen LogP contribution in [0.5, 0.6) is 5.75 Å². The van der Waals surface area contributed by atoms with Crippen molar-refractivity contribution in [2.24, 2.45) is 11.8 Å². The molecule has 1 heterocycles. The zero-order valence-electron chi connectivity index (χ0n) is 14.5. The number of carbonyl (C=O) groups excluding carboxylic acids is 1. The predicted octanol–water partition coefficient (Wildman–Crippen LogP) is 3.17. The molecule has 0 bridgehead atoms. The highest BCUT2D eigenvalue weighted by atomic mass is 16.5. The first-order chi connectivity index (χ1) is 12.2. The number of aliphatic carboxylic acids is 1. The van der Waals surface area contributed by atoms with Gasteiger partial charge in [-0.1, -0.05) is 42.7 Å². The molecule has 0 N–H and O–H groups in total. The van der Waals surface area contributed by atoms with Gasteiger partial charge in [0.25, 0.3) is 0 Å². The van der Waals surface area contributed by atoms with Gasteiger partial charge in [0.1, 0.15) is 12.4 Å². The first kappa shape index (κ1) is 16.6. The molecule has 3 aliphatic rings. The Morgan fingerprint density at radius 2 is 1.92 bits per heavy atom. The fourth-order valence-corrected chi connectivity index (χ4v) is 4.88. The fraction of sp³-hybridized carbons (Fsp3) is 0.571. The summed E-state index contributed by atoms with van der Waals surface area (Å²) < 4.78 is 12.1. The van der Waals surface area contributed by atoms with E-state index in [2.05, 4.69) is 6.08 Å². The highest BCUT2D eigenvalue weighted by molar-refractivity contribution is 5.66. The molecule has 134 valence electrons. The monoisotopic (exact) mass is 341 g/mol. The molecule has 1 saturated carbocycles. The molecule has 1 saturated heterocycles. The molecule has 2 aliphatic carbocycles. The van der Waals surface area contributed by atoms with Gasteiger partial charge in [-0.15, -0.1) is 0 Å². The zero-order chi connectivity index (χ0) is 17.2. The van der Waals surface area contributed by atoms with Gasteiger partial charge in [-0.2, -0.15) is 0 Å². The number of allylic oxidation sites excluding steroid dienone is 1. The summed E-state index contributed by atoms with van der Waals surface area (Å²) in [5, 5.41) is 10.8. The lowest BCUT2D eigenvalue weighted by Gasteiger charge is -2.47. The van der Waals surface area contributed by atoms with Crippen molar-refractivity contribution in [1.82, 2.24) is 0 Å². The largest absolute Gasteiger partial charge is 0.546 e. The van der Waals surface area contributed by atoms with Crippen molar-refractivity contribution in [2.45, 2.75) is 57.2 Å². The Hall–Kier alpha value is -1.81. The van der Waals surface area contributed by atoms with Crippen LogP contribution < -0.4 is 9.84 Å². The number of hydrogen-bond donors (Lipinski definition) is 0. The van der Waals surface area contributed by atoms with Gasteiger partial charge in [0, 0.05) is 17.4 Å². The molecule has 2 fully saturated rings. The summed E-state index contributed by atoms with van der Waals surface area (Å²) >= 11 is 0. The number of rotatable bonds is 4. The van der Waals surface area contributed by atoms with Crippen LogP contribution in [0.1, 0.15) is 56.6 Å². The van der Waals surface area contributed by atoms with Gasteiger partial charge in [0.15, 0.2) is 0 Å². The fourth-order valence-electron chi connectivity index (χ4n) is 4.88. The molecule has 1 aromatic rings. The van der Waals surface area contributed by atoms with Crippen LogP contribution in [-0.2, 0) is 9.53 Å². The Labute approximate surface area is 148 Å². The lowest BCUT2D eigenvalue weighted by Crippen LogP contribution is -2.41. The van der Waals surface area contributed by atoms with Crippen molar-refractivity contribution in [3.63, 3.8) is 0 Å². The van der Waals surface area contributed by atoms with E-state index in [0.717, 1.165) is 18.4 Å². The second kappa shape index (κ2) is 7.20. The van der Waals surface area contributed by atoms with E-state index in [4.69, 9.17) is 9.47 Å². The third-order valence-electron chi connectivity index (χ3n) is 5.92. The Kier molecular flexibility index (Phi) is 4.80. The average molecular weight is 341 g/mol. The van der Waals surface area contributed by atoms with Gasteiger partial charge in [0.2, 0.25) is 0 Å². The minimum absolute atomic E-state index is 0.0381. The Morgan fingerprint density at radius 1 is 1.12 bits per heavy atom. The number of para-hydroxylation sites is 1. The average Bonchev–Trinajstić information content (AvgIpc) is 2.66. The molecule has 0 spiro atoms. The molecule has 4 nitrogen and oxygen atoms in total. The van der Waals surface area contributed by atoms with Crippen LogP contribution in [0, 0.1) is 11.8 Å². The molecule has 4 rings (SSSR count). The number of ether oxygens (including phenoxy) is 2. The Bertz CT molecular complexity index is 666. The Morgan fingerprint density at radius 3 is 2.80 bits per heavy atom. The van der Waals surface area contributed by atoms with E-state index in [1.54, 1.807) is 5.57 Å². The molecule has 1 aliphatic heterocycles. The standard InChI is InChI=1S/C21H26O4/c22-20(23)13-24-18-11-5-4-10-17(18)21-16-9-2-1-7-14(16)15-8-3-6-12-19(15)25-21/h4-5,7,10-11,15-16,19,21H,1-3,6,8-9,12-13H2,(H,22,23)/p-1/t15-,16-,19-,21+/m0/s1. The summed E-state index contributed by atoms with van der Waals surface area (Å²) in [5.41, 5.74) is 2.56. The van der Waals surface area contributed by atoms with Crippen molar-refractivity contribution in [1.29, 1.82) is 0 Å². The predicted molar refractivity (Wildman–Crippen MR) is 91.9 cm³/mol. The number of carboxylic acid groups (broad SMARTS) is 1. The van der Waals surface area contributed by atoms with Gasteiger partial charge in [-0.25, -0.2) is 0 Å². The first-order valence-corrected chi connectivity index (χ1v) is 9.51. The van der Waals surface area contributed by atoms with Gasteiger partial charge < -0.3 is 19.4 Å². The summed E-state index contributed by atoms with van der Waals surface area (Å²) in [7, 11) is 0. The summed E-state index contributed by atoms with van der Waals surface area (Å²) in [4.78, 5) is 10.8. The highest BCUT2D eigenvalue weighted by Crippen LogP contribution is 2.52. The summed E-state index contributed by atoms with van der Waals surface area (Å²) in [6.07, 6.45) is 11.1. The van der Waals surface area contributed by atoms with Gasteiger partial charge in [-0.05, 0) is 38.2 Å². The molecular weight excluding hydrogens is 316 g/mol. The normalized spacial score (nSPS) is 31.4. The first-order valence-electron chi connectivity index (χ1n) is 9.51. The van der Waals surface area contributed by atoms with Crippen molar-refractivity contribution < 1.29 is 19.4 Å². The second-order valence-electron chi connectivity index (χ2n) is 7.43. The molecule has 4 heteroatoms. The highest BCUT2D eigenvalue weighted by Gasteiger charge is 2.44. The van der Waals surface area contributed by atoms with Crippen LogP contribution in [0.3, 0.4) is 0 Å². The molecule has 0 unspecified atom stereocenters. The van der Waals surface area contributed by atoms with Crippen LogP contribution in [0.25, 0.3) is 0 Å². The number of hydrogen-bond acceptors (Lipinski definition) is 4. The molecule has 1 aromatic carbocycles. The van der Waals surface area contributed by atoms with Gasteiger partial charge in [-0.3, -0.25) is 0 Å². The quantitative estimate of drug-likeness (QED) is 0.789. The van der Waals surface area contributed by atoms with Crippen LogP contribution in [0.4, 0.5) is 0 Å². The molecule has 25 heavy (non-hydrogen) atoms. The molecule has 0 amide bonds. The Balaban J connectivity index is 1.66. The lowest BCUT2D eigenvalue weighted by atomic mass is 9.68. The molecule has 4 atom stereocenters. The zero-order valence-corrected chi connectivity index (χ0v) is 14.5. The topological polar surface area (TPSA) is 58.6 Å². The van der Waals surface area contributed by atoms with E-state index < -0.39 is 12.6 Å². The lowest BCUT2D eigenvalue weighted by molar-refractivity contribution is -0.307. The van der Waals surface area contributed by atoms with E-state index in [9.17, 15) is 9.90 Å². The van der Waals surface area contributed by atoms with Crippen LogP contribution in [0.2, 0.25) is 0 Å². The summed E-state index contributed by atoms with van der Waals surface area (Å²) in [6, 6.07) is 7.70. The third-order valence-corrected chi connectivity index (χ3v) is 5.92. The maximum Gasteiger partial charge on any atom is 0.128 e. The van der Waals surface area contributed by atoms with E-state index >= 15 is 0 Å². The third kappa shape index (κ3) is 3.32. The van der Waals surface area contributed by atoms with Gasteiger partial charge >= 0.3 is 0 Å². The van der Waals surface area contributed by atoms with Crippen LogP contribution in [-0.4, -0.2) is 18.7 Å². The van der Waals surface area contributed by atoms with E-state index in [-0.39, 0.29) is 12.2 Å². The maximum absolute atomic E-state index is 10.8. The molecular formula is C21H25O4-. The van der Waals surface area contributed by atoms with E-state index in [1.807, 2.05) is 24.3 Å². The van der Waals surface area contributed by atoms with Crippen LogP contribution in [0.15, 0.2) is 35.9 Å². The number of fused-ring (bicyclic) bond motifs is 3. The summed E-state index contributed by atoms with van der Waals surface area (Å²) in [6.45, 7) is -0.427. The van der Waals surface area contributed by atoms with Crippen molar-refractivity contribution in [3.8, 4) is 5.75 Å². The molecule has 0 radical (unpaired) electrons. The number of carbonyl (C=O) groups is 1. The van der Waals surface area contributed by atoms with Crippen LogP contribution >= 0.6 is 0 Å². The number of benzene rings is 1. The second-order valence-corrected chi connectivity index (χ2v) is 7.43. The van der Waals surface area contributed by atoms with Crippen molar-refractivity contribution in [3.05, 3.63) is 41.5 Å². The minimum Gasteiger partial charge on any atom is -0.546 e. The SMILES string of the molecule is O=C([O-])COc1ccccc1[C@@H]1O[C@H]2CCCC[C@H]2C2=CCCC[C@@H]21. The van der Waals surface area contributed by atoms with E-state index in [1.165, 1.54) is 32.1 Å². The summed E-state index contributed by atoms with van der Waals surface area (Å²) in [5.74, 6) is 0.369. The van der Waals surface area contributed by atoms with E-state index in [0.29, 0.717) is 17.6 Å². The van der Waals surface area contributed by atoms with Crippen molar-refractivity contribution >= 4 is 5.97 Å². The maximum atomic E-state index is 10.8. The van der Waals surface area contributed by atoms with Gasteiger partial charge in [0.05, 0.1) is 18.2 Å². The smallest absolute Gasteiger partial charge is 0.128 e.